The molecule has 0 N–H and O–H groups in total. The highest BCUT2D eigenvalue weighted by Gasteiger charge is 2.42. The molecule has 0 saturated carbocycles. The van der Waals surface area contributed by atoms with Gasteiger partial charge in [-0.15, -0.1) is 0 Å². The molecular weight excluding hydrogens is 596 g/mol. The molecule has 0 aromatic heterocycles. The Kier molecular flexibility index (Phi) is 7.51. The van der Waals surface area contributed by atoms with Crippen LogP contribution in [0, 0.1) is 0 Å². The summed E-state index contributed by atoms with van der Waals surface area (Å²) in [6.07, 6.45) is 7.63. The van der Waals surface area contributed by atoms with Gasteiger partial charge in [0.15, 0.2) is 0 Å². The molecule has 6 heteroatoms. The van der Waals surface area contributed by atoms with Gasteiger partial charge in [0, 0.05) is 53.7 Å². The summed E-state index contributed by atoms with van der Waals surface area (Å²) in [6.45, 7) is 7.15. The van der Waals surface area contributed by atoms with Gasteiger partial charge in [-0.25, -0.2) is 0 Å². The molecule has 4 aliphatic rings. The Balaban J connectivity index is 1.26. The van der Waals surface area contributed by atoms with Crippen molar-refractivity contribution in [3.8, 4) is 11.5 Å². The van der Waals surface area contributed by atoms with Gasteiger partial charge in [-0.05, 0) is 76.7 Å². The van der Waals surface area contributed by atoms with Crippen molar-refractivity contribution >= 4 is 39.0 Å². The molecule has 3 heterocycles. The van der Waals surface area contributed by atoms with Crippen molar-refractivity contribution in [2.45, 2.75) is 24.7 Å². The van der Waals surface area contributed by atoms with Crippen molar-refractivity contribution in [3.63, 3.8) is 0 Å². The number of rotatable bonds is 5. The summed E-state index contributed by atoms with van der Waals surface area (Å²) < 4.78 is 24.6. The number of anilines is 2. The van der Waals surface area contributed by atoms with Crippen molar-refractivity contribution in [1.29, 1.82) is 0 Å². The van der Waals surface area contributed by atoms with E-state index < -0.39 is 0 Å². The van der Waals surface area contributed by atoms with Crippen LogP contribution in [0.2, 0.25) is 0 Å². The largest absolute Gasteiger partial charge is 0.496 e. The first kappa shape index (κ1) is 29.6. The van der Waals surface area contributed by atoms with Crippen LogP contribution in [0.3, 0.4) is 0 Å². The molecule has 0 amide bonds. The minimum atomic E-state index is -0.312. The summed E-state index contributed by atoms with van der Waals surface area (Å²) in [5, 5.41) is 4.86. The molecule has 0 spiro atoms. The lowest BCUT2D eigenvalue weighted by molar-refractivity contribution is 0.122. The third-order valence-corrected chi connectivity index (χ3v) is 11.1. The van der Waals surface area contributed by atoms with E-state index in [9.17, 15) is 0 Å². The van der Waals surface area contributed by atoms with E-state index in [0.717, 1.165) is 83.4 Å². The van der Waals surface area contributed by atoms with Crippen molar-refractivity contribution in [2.75, 3.05) is 76.1 Å². The fourth-order valence-electron chi connectivity index (χ4n) is 8.64. The highest BCUT2D eigenvalue weighted by Crippen LogP contribution is 2.52. The van der Waals surface area contributed by atoms with Crippen LogP contribution in [0.15, 0.2) is 84.9 Å². The van der Waals surface area contributed by atoms with E-state index in [1.807, 2.05) is 0 Å². The fourth-order valence-corrected chi connectivity index (χ4v) is 8.64. The number of hydrogen-bond acceptors (Lipinski definition) is 6. The van der Waals surface area contributed by atoms with Crippen LogP contribution < -0.4 is 19.3 Å². The molecule has 6 nitrogen and oxygen atoms in total. The van der Waals surface area contributed by atoms with E-state index in [4.69, 9.17) is 18.9 Å². The van der Waals surface area contributed by atoms with E-state index >= 15 is 0 Å². The predicted octanol–water partition coefficient (Wildman–Crippen LogP) is 7.56. The molecule has 244 valence electrons. The van der Waals surface area contributed by atoms with Crippen molar-refractivity contribution in [1.82, 2.24) is 0 Å². The number of hydrogen-bond donors (Lipinski definition) is 0. The lowest BCUT2D eigenvalue weighted by Gasteiger charge is -2.41. The lowest BCUT2D eigenvalue weighted by atomic mass is 9.68. The maximum Gasteiger partial charge on any atom is 0.130 e. The lowest BCUT2D eigenvalue weighted by Crippen LogP contribution is -2.41. The average Bonchev–Trinajstić information content (AvgIpc) is 3.18. The first-order valence-corrected chi connectivity index (χ1v) is 17.5. The fraction of sp³-hybridized carbons (Fsp3) is 0.333. The summed E-state index contributed by atoms with van der Waals surface area (Å²) in [4.78, 5) is 4.89. The Morgan fingerprint density at radius 3 is 2.19 bits per heavy atom. The van der Waals surface area contributed by atoms with Crippen LogP contribution in [-0.4, -0.2) is 66.3 Å². The van der Waals surface area contributed by atoms with E-state index in [2.05, 4.69) is 101 Å². The maximum absolute atomic E-state index is 7.20. The highest BCUT2D eigenvalue weighted by atomic mass is 16.5. The van der Waals surface area contributed by atoms with Gasteiger partial charge >= 0.3 is 0 Å². The summed E-state index contributed by atoms with van der Waals surface area (Å²) >= 11 is 0. The van der Waals surface area contributed by atoms with Gasteiger partial charge < -0.3 is 28.7 Å². The molecule has 2 saturated heterocycles. The van der Waals surface area contributed by atoms with Gasteiger partial charge in [0.05, 0.1) is 39.0 Å². The zero-order valence-corrected chi connectivity index (χ0v) is 27.7. The number of nitrogens with zero attached hydrogens (tertiary/aromatic N) is 2. The Bertz CT molecular complexity index is 2010. The van der Waals surface area contributed by atoms with Crippen LogP contribution in [-0.2, 0) is 27.7 Å². The number of allylic oxidation sites excluding steroid dienone is 1. The molecule has 3 aliphatic heterocycles. The number of ether oxygens (including phenoxy) is 4. The number of methoxy groups -OCH3 is 1. The summed E-state index contributed by atoms with van der Waals surface area (Å²) in [6, 6.07) is 29.2. The third-order valence-electron chi connectivity index (χ3n) is 11.1. The molecule has 5 aromatic carbocycles. The monoisotopic (exact) mass is 638 g/mol. The second-order valence-electron chi connectivity index (χ2n) is 13.5. The van der Waals surface area contributed by atoms with Gasteiger partial charge in [-0.2, -0.15) is 0 Å². The molecule has 1 atom stereocenters. The summed E-state index contributed by atoms with van der Waals surface area (Å²) in [7, 11) is 1.78. The summed E-state index contributed by atoms with van der Waals surface area (Å²) in [5.74, 6) is 1.96. The van der Waals surface area contributed by atoms with Crippen molar-refractivity contribution in [2.24, 2.45) is 0 Å². The third kappa shape index (κ3) is 4.76. The first-order valence-electron chi connectivity index (χ1n) is 17.5. The quantitative estimate of drug-likeness (QED) is 0.185. The van der Waals surface area contributed by atoms with Crippen LogP contribution >= 0.6 is 0 Å². The SMILES string of the molecule is COc1cccc2c1c(N1CCOCC1)cc1c3c(c4c(c12)C=CCC4)CC(c1ccccc1)(c1ccc(N2CCOCC2)cc1)CO3. The van der Waals surface area contributed by atoms with E-state index in [1.54, 1.807) is 7.11 Å². The first-order chi connectivity index (χ1) is 23.7. The van der Waals surface area contributed by atoms with E-state index in [1.165, 1.54) is 60.7 Å². The number of benzene rings is 5. The Labute approximate surface area is 282 Å². The molecule has 2 fully saturated rings. The van der Waals surface area contributed by atoms with Crippen molar-refractivity contribution in [3.05, 3.63) is 113 Å². The smallest absolute Gasteiger partial charge is 0.130 e. The van der Waals surface area contributed by atoms with Crippen molar-refractivity contribution < 1.29 is 18.9 Å². The molecule has 1 aliphatic carbocycles. The summed E-state index contributed by atoms with van der Waals surface area (Å²) in [5.41, 5.74) is 8.85. The van der Waals surface area contributed by atoms with Crippen LogP contribution in [0.4, 0.5) is 11.4 Å². The topological polar surface area (TPSA) is 43.4 Å². The molecule has 9 rings (SSSR count). The second kappa shape index (κ2) is 12.2. The van der Waals surface area contributed by atoms with Gasteiger partial charge in [0.1, 0.15) is 18.1 Å². The van der Waals surface area contributed by atoms with Gasteiger partial charge in [-0.1, -0.05) is 66.7 Å². The van der Waals surface area contributed by atoms with E-state index in [0.29, 0.717) is 6.61 Å². The standard InChI is InChI=1S/C42H42N2O4/c1-45-38-13-7-12-34-39-33-11-6-5-10-32(33)36-27-42(29-8-3-2-4-9-29,30-14-16-31(17-15-30)43-18-22-46-23-19-43)28-48-41(36)35(39)26-37(40(34)38)44-20-24-47-25-21-44/h2-4,6-9,11-17,26H,5,10,18-25,27-28H2,1H3. The average molecular weight is 639 g/mol. The van der Waals surface area contributed by atoms with Crippen LogP contribution in [0.5, 0.6) is 11.5 Å². The van der Waals surface area contributed by atoms with Crippen LogP contribution in [0.25, 0.3) is 27.6 Å². The zero-order valence-electron chi connectivity index (χ0n) is 27.7. The Hall–Kier alpha value is -4.52. The number of fused-ring (bicyclic) bond motifs is 8. The molecule has 0 bridgehead atoms. The zero-order chi connectivity index (χ0) is 32.1. The molecule has 0 radical (unpaired) electrons. The highest BCUT2D eigenvalue weighted by molar-refractivity contribution is 6.20. The van der Waals surface area contributed by atoms with Gasteiger partial charge in [-0.3, -0.25) is 0 Å². The Morgan fingerprint density at radius 1 is 0.708 bits per heavy atom. The van der Waals surface area contributed by atoms with Crippen LogP contribution in [0.1, 0.15) is 34.2 Å². The molecular formula is C42H42N2O4. The van der Waals surface area contributed by atoms with E-state index in [-0.39, 0.29) is 5.41 Å². The van der Waals surface area contributed by atoms with Gasteiger partial charge in [0.2, 0.25) is 0 Å². The van der Waals surface area contributed by atoms with Gasteiger partial charge in [0.25, 0.3) is 0 Å². The molecule has 1 unspecified atom stereocenters. The minimum absolute atomic E-state index is 0.312. The normalized spacial score (nSPS) is 20.8. The minimum Gasteiger partial charge on any atom is -0.496 e. The molecule has 48 heavy (non-hydrogen) atoms. The number of morpholine rings is 2. The maximum atomic E-state index is 7.20. The Morgan fingerprint density at radius 2 is 1.44 bits per heavy atom. The molecule has 5 aromatic rings. The predicted molar refractivity (Wildman–Crippen MR) is 194 cm³/mol. The second-order valence-corrected chi connectivity index (χ2v) is 13.5.